The summed E-state index contributed by atoms with van der Waals surface area (Å²) < 4.78 is 1.50. The molecule has 2 heterocycles. The van der Waals surface area contributed by atoms with E-state index < -0.39 is 0 Å². The van der Waals surface area contributed by atoms with E-state index in [1.807, 2.05) is 18.2 Å². The Bertz CT molecular complexity index is 816. The number of anilines is 1. The number of hydrogen-bond acceptors (Lipinski definition) is 4. The van der Waals surface area contributed by atoms with Gasteiger partial charge in [0.2, 0.25) is 0 Å². The van der Waals surface area contributed by atoms with Crippen LogP contribution in [0.4, 0.5) is 5.69 Å². The number of pyridine rings is 1. The Hall–Kier alpha value is -2.73. The molecule has 2 aromatic heterocycles. The lowest BCUT2D eigenvalue weighted by Crippen LogP contribution is -2.14. The maximum Gasteiger partial charge on any atom is 0.278 e. The zero-order chi connectivity index (χ0) is 15.5. The molecule has 0 aliphatic heterocycles. The van der Waals surface area contributed by atoms with Gasteiger partial charge in [0.15, 0.2) is 10.8 Å². The first-order valence-corrected chi connectivity index (χ1v) is 6.94. The van der Waals surface area contributed by atoms with E-state index in [-0.39, 0.29) is 11.6 Å². The fourth-order valence-corrected chi connectivity index (χ4v) is 2.21. The van der Waals surface area contributed by atoms with Gasteiger partial charge in [-0.15, -0.1) is 5.10 Å². The van der Waals surface area contributed by atoms with Gasteiger partial charge in [0.1, 0.15) is 5.69 Å². The number of amides is 1. The molecule has 0 unspecified atom stereocenters. The Balaban J connectivity index is 1.91. The summed E-state index contributed by atoms with van der Waals surface area (Å²) in [4.78, 5) is 16.3. The molecule has 0 saturated heterocycles. The second-order valence-electron chi connectivity index (χ2n) is 4.57. The van der Waals surface area contributed by atoms with Crippen LogP contribution in [0.2, 0.25) is 5.15 Å². The molecular formula is C15H12ClN5O. The fraction of sp³-hybridized carbons (Fsp3) is 0.0667. The third kappa shape index (κ3) is 2.68. The standard InChI is InChI=1S/C15H12ClN5O/c1-10-13(15(22)18-11-6-3-2-4-7-11)19-20-21(10)12-8-5-9-17-14(12)16/h2-9H,1H3,(H,18,22). The number of benzene rings is 1. The van der Waals surface area contributed by atoms with Crippen molar-refractivity contribution in [2.45, 2.75) is 6.92 Å². The summed E-state index contributed by atoms with van der Waals surface area (Å²) in [6.45, 7) is 1.75. The largest absolute Gasteiger partial charge is 0.321 e. The van der Waals surface area contributed by atoms with Gasteiger partial charge in [-0.3, -0.25) is 4.79 Å². The van der Waals surface area contributed by atoms with Crippen LogP contribution < -0.4 is 5.32 Å². The van der Waals surface area contributed by atoms with Crippen molar-refractivity contribution in [2.75, 3.05) is 5.32 Å². The number of nitrogens with one attached hydrogen (secondary N) is 1. The minimum absolute atomic E-state index is 0.240. The first kappa shape index (κ1) is 14.2. The van der Waals surface area contributed by atoms with E-state index in [1.54, 1.807) is 37.4 Å². The molecule has 0 atom stereocenters. The van der Waals surface area contributed by atoms with E-state index in [9.17, 15) is 4.79 Å². The summed E-state index contributed by atoms with van der Waals surface area (Å²) in [6.07, 6.45) is 1.58. The Morgan fingerprint density at radius 3 is 2.68 bits per heavy atom. The van der Waals surface area contributed by atoms with Crippen molar-refractivity contribution in [3.05, 3.63) is 65.2 Å². The van der Waals surface area contributed by atoms with Gasteiger partial charge in [-0.1, -0.05) is 35.0 Å². The average molecular weight is 314 g/mol. The number of rotatable bonds is 3. The first-order valence-electron chi connectivity index (χ1n) is 6.56. The van der Waals surface area contributed by atoms with Crippen molar-refractivity contribution in [3.8, 4) is 5.69 Å². The van der Waals surface area contributed by atoms with Crippen LogP contribution in [0.25, 0.3) is 5.69 Å². The Kier molecular flexibility index (Phi) is 3.84. The van der Waals surface area contributed by atoms with E-state index in [1.165, 1.54) is 4.68 Å². The zero-order valence-corrected chi connectivity index (χ0v) is 12.4. The van der Waals surface area contributed by atoms with Crippen LogP contribution in [0.1, 0.15) is 16.2 Å². The molecule has 0 aliphatic rings. The lowest BCUT2D eigenvalue weighted by molar-refractivity contribution is 0.102. The number of para-hydroxylation sites is 1. The summed E-state index contributed by atoms with van der Waals surface area (Å²) >= 11 is 6.05. The Labute approximate surface area is 131 Å². The molecule has 110 valence electrons. The van der Waals surface area contributed by atoms with Gasteiger partial charge >= 0.3 is 0 Å². The smallest absolute Gasteiger partial charge is 0.278 e. The predicted molar refractivity (Wildman–Crippen MR) is 83.3 cm³/mol. The van der Waals surface area contributed by atoms with Gasteiger partial charge in [0.05, 0.1) is 5.69 Å². The summed E-state index contributed by atoms with van der Waals surface area (Å²) in [5.41, 5.74) is 2.10. The van der Waals surface area contributed by atoms with Crippen LogP contribution in [0.15, 0.2) is 48.7 Å². The van der Waals surface area contributed by atoms with E-state index in [2.05, 4.69) is 20.6 Å². The summed E-state index contributed by atoms with van der Waals surface area (Å²) in [7, 11) is 0. The maximum absolute atomic E-state index is 12.3. The number of halogens is 1. The summed E-state index contributed by atoms with van der Waals surface area (Å²) in [5.74, 6) is -0.324. The minimum Gasteiger partial charge on any atom is -0.321 e. The average Bonchev–Trinajstić information content (AvgIpc) is 2.90. The molecule has 0 radical (unpaired) electrons. The van der Waals surface area contributed by atoms with Gasteiger partial charge in [-0.25, -0.2) is 9.67 Å². The first-order chi connectivity index (χ1) is 10.7. The molecule has 0 spiro atoms. The monoisotopic (exact) mass is 313 g/mol. The van der Waals surface area contributed by atoms with Crippen LogP contribution in [-0.4, -0.2) is 25.9 Å². The molecule has 1 N–H and O–H groups in total. The molecule has 6 nitrogen and oxygen atoms in total. The molecule has 22 heavy (non-hydrogen) atoms. The van der Waals surface area contributed by atoms with Crippen molar-refractivity contribution in [3.63, 3.8) is 0 Å². The van der Waals surface area contributed by atoms with Gasteiger partial charge < -0.3 is 5.32 Å². The maximum atomic E-state index is 12.3. The predicted octanol–water partition coefficient (Wildman–Crippen LogP) is 2.88. The lowest BCUT2D eigenvalue weighted by atomic mass is 10.2. The molecule has 7 heteroatoms. The normalized spacial score (nSPS) is 10.5. The highest BCUT2D eigenvalue weighted by Gasteiger charge is 2.18. The van der Waals surface area contributed by atoms with Gasteiger partial charge in [0, 0.05) is 11.9 Å². The van der Waals surface area contributed by atoms with Crippen molar-refractivity contribution < 1.29 is 4.79 Å². The van der Waals surface area contributed by atoms with Crippen molar-refractivity contribution in [1.29, 1.82) is 0 Å². The van der Waals surface area contributed by atoms with Crippen LogP contribution in [0.3, 0.4) is 0 Å². The quantitative estimate of drug-likeness (QED) is 0.755. The minimum atomic E-state index is -0.324. The third-order valence-electron chi connectivity index (χ3n) is 3.11. The molecule has 1 amide bonds. The van der Waals surface area contributed by atoms with E-state index in [4.69, 9.17) is 11.6 Å². The number of carbonyl (C=O) groups excluding carboxylic acids is 1. The van der Waals surface area contributed by atoms with Crippen molar-refractivity contribution in [2.24, 2.45) is 0 Å². The van der Waals surface area contributed by atoms with Crippen LogP contribution in [-0.2, 0) is 0 Å². The Morgan fingerprint density at radius 2 is 1.95 bits per heavy atom. The second-order valence-corrected chi connectivity index (χ2v) is 4.93. The fourth-order valence-electron chi connectivity index (χ4n) is 2.02. The van der Waals surface area contributed by atoms with Crippen LogP contribution >= 0.6 is 11.6 Å². The molecule has 0 bridgehead atoms. The van der Waals surface area contributed by atoms with E-state index in [0.717, 1.165) is 0 Å². The lowest BCUT2D eigenvalue weighted by Gasteiger charge is -2.05. The van der Waals surface area contributed by atoms with Gasteiger partial charge in [-0.2, -0.15) is 0 Å². The third-order valence-corrected chi connectivity index (χ3v) is 3.40. The van der Waals surface area contributed by atoms with Crippen molar-refractivity contribution in [1.82, 2.24) is 20.0 Å². The molecule has 0 aliphatic carbocycles. The zero-order valence-electron chi connectivity index (χ0n) is 11.7. The summed E-state index contributed by atoms with van der Waals surface area (Å²) in [6, 6.07) is 12.7. The van der Waals surface area contributed by atoms with Gasteiger partial charge in [-0.05, 0) is 31.2 Å². The second kappa shape index (κ2) is 5.95. The molecule has 0 saturated carbocycles. The van der Waals surface area contributed by atoms with Crippen LogP contribution in [0.5, 0.6) is 0 Å². The van der Waals surface area contributed by atoms with Crippen LogP contribution in [0, 0.1) is 6.92 Å². The molecule has 1 aromatic carbocycles. The molecular weight excluding hydrogens is 302 g/mol. The topological polar surface area (TPSA) is 72.7 Å². The number of nitrogens with zero attached hydrogens (tertiary/aromatic N) is 4. The Morgan fingerprint density at radius 1 is 1.18 bits per heavy atom. The molecule has 3 rings (SSSR count). The SMILES string of the molecule is Cc1c(C(=O)Nc2ccccc2)nnn1-c1cccnc1Cl. The highest BCUT2D eigenvalue weighted by atomic mass is 35.5. The van der Waals surface area contributed by atoms with Crippen molar-refractivity contribution >= 4 is 23.2 Å². The van der Waals surface area contributed by atoms with E-state index >= 15 is 0 Å². The number of hydrogen-bond donors (Lipinski definition) is 1. The molecule has 0 fully saturated rings. The van der Waals surface area contributed by atoms with E-state index in [0.29, 0.717) is 22.2 Å². The number of aromatic nitrogens is 4. The highest BCUT2D eigenvalue weighted by Crippen LogP contribution is 2.19. The highest BCUT2D eigenvalue weighted by molar-refractivity contribution is 6.31. The molecule has 3 aromatic rings. The number of carbonyl (C=O) groups is 1. The van der Waals surface area contributed by atoms with Gasteiger partial charge in [0.25, 0.3) is 5.91 Å². The summed E-state index contributed by atoms with van der Waals surface area (Å²) in [5, 5.41) is 11.0.